The first kappa shape index (κ1) is 24.5. The summed E-state index contributed by atoms with van der Waals surface area (Å²) in [4.78, 5) is 29.8. The highest BCUT2D eigenvalue weighted by atomic mass is 16.5. The van der Waals surface area contributed by atoms with Crippen molar-refractivity contribution < 1.29 is 19.4 Å². The van der Waals surface area contributed by atoms with Crippen molar-refractivity contribution in [3.05, 3.63) is 70.8 Å². The molecule has 1 heterocycles. The third-order valence-corrected chi connectivity index (χ3v) is 5.83. The number of carbonyl (C=O) groups excluding carboxylic acids is 2. The Morgan fingerprint density at radius 1 is 1.09 bits per heavy atom. The molecule has 1 aliphatic rings. The second kappa shape index (κ2) is 11.1. The molecule has 1 unspecified atom stereocenters. The molecule has 1 amide bonds. The number of aryl methyl sites for hydroxylation is 1. The van der Waals surface area contributed by atoms with Gasteiger partial charge in [0.15, 0.2) is 0 Å². The maximum absolute atomic E-state index is 13.1. The van der Waals surface area contributed by atoms with Crippen LogP contribution in [-0.4, -0.2) is 60.4 Å². The molecular weight excluding hydrogens is 416 g/mol. The van der Waals surface area contributed by atoms with E-state index in [9.17, 15) is 14.7 Å². The highest BCUT2D eigenvalue weighted by Gasteiger charge is 2.45. The molecule has 0 bridgehead atoms. The summed E-state index contributed by atoms with van der Waals surface area (Å²) >= 11 is 0. The molecule has 1 aliphatic heterocycles. The molecule has 3 rings (SSSR count). The maximum atomic E-state index is 13.1. The molecule has 0 aromatic heterocycles. The van der Waals surface area contributed by atoms with Crippen LogP contribution in [0.2, 0.25) is 0 Å². The molecule has 0 aliphatic carbocycles. The number of aliphatic hydroxyl groups is 1. The Bertz CT molecular complexity index is 1010. The fourth-order valence-corrected chi connectivity index (χ4v) is 4.06. The zero-order valence-electron chi connectivity index (χ0n) is 20.0. The van der Waals surface area contributed by atoms with E-state index in [-0.39, 0.29) is 11.3 Å². The largest absolute Gasteiger partial charge is 0.507 e. The van der Waals surface area contributed by atoms with E-state index in [0.29, 0.717) is 24.5 Å². The lowest BCUT2D eigenvalue weighted by Crippen LogP contribution is -2.32. The summed E-state index contributed by atoms with van der Waals surface area (Å²) < 4.78 is 5.69. The predicted molar refractivity (Wildman–Crippen MR) is 130 cm³/mol. The second-order valence-electron chi connectivity index (χ2n) is 8.62. The first-order valence-electron chi connectivity index (χ1n) is 11.6. The van der Waals surface area contributed by atoms with E-state index < -0.39 is 17.7 Å². The van der Waals surface area contributed by atoms with Crippen LogP contribution in [0.1, 0.15) is 49.4 Å². The van der Waals surface area contributed by atoms with E-state index in [4.69, 9.17) is 4.74 Å². The van der Waals surface area contributed by atoms with Crippen molar-refractivity contribution in [3.63, 3.8) is 0 Å². The number of rotatable bonds is 10. The Kier molecular flexibility index (Phi) is 8.28. The summed E-state index contributed by atoms with van der Waals surface area (Å²) in [7, 11) is 3.95. The molecule has 6 heteroatoms. The summed E-state index contributed by atoms with van der Waals surface area (Å²) in [5.74, 6) is -0.778. The average molecular weight is 451 g/mol. The van der Waals surface area contributed by atoms with Crippen molar-refractivity contribution >= 4 is 17.4 Å². The second-order valence-corrected chi connectivity index (χ2v) is 8.62. The average Bonchev–Trinajstić information content (AvgIpc) is 3.07. The molecule has 0 spiro atoms. The summed E-state index contributed by atoms with van der Waals surface area (Å²) in [6, 6.07) is 14.3. The third-order valence-electron chi connectivity index (χ3n) is 5.83. The molecule has 0 saturated carbocycles. The van der Waals surface area contributed by atoms with Crippen molar-refractivity contribution in [1.82, 2.24) is 9.80 Å². The number of carbonyl (C=O) groups is 2. The van der Waals surface area contributed by atoms with Gasteiger partial charge < -0.3 is 19.6 Å². The lowest BCUT2D eigenvalue weighted by molar-refractivity contribution is -0.139. The number of ketones is 1. The SMILES string of the molecule is CCCOc1cccc(C(O)=C2C(=O)C(=O)N(CCCN(C)C)C2c2ccc(CC)cc2)c1. The molecule has 2 aromatic rings. The predicted octanol–water partition coefficient (Wildman–Crippen LogP) is 4.41. The maximum Gasteiger partial charge on any atom is 0.295 e. The molecule has 1 N–H and O–H groups in total. The van der Waals surface area contributed by atoms with Gasteiger partial charge in [0.05, 0.1) is 18.2 Å². The van der Waals surface area contributed by atoms with Crippen LogP contribution >= 0.6 is 0 Å². The highest BCUT2D eigenvalue weighted by molar-refractivity contribution is 6.46. The molecule has 33 heavy (non-hydrogen) atoms. The van der Waals surface area contributed by atoms with Gasteiger partial charge in [0, 0.05) is 12.1 Å². The van der Waals surface area contributed by atoms with Gasteiger partial charge in [-0.25, -0.2) is 0 Å². The zero-order chi connectivity index (χ0) is 24.0. The summed E-state index contributed by atoms with van der Waals surface area (Å²) in [5, 5.41) is 11.2. The van der Waals surface area contributed by atoms with Gasteiger partial charge in [-0.15, -0.1) is 0 Å². The van der Waals surface area contributed by atoms with Crippen molar-refractivity contribution in [2.45, 2.75) is 39.2 Å². The lowest BCUT2D eigenvalue weighted by Gasteiger charge is -2.26. The van der Waals surface area contributed by atoms with E-state index >= 15 is 0 Å². The normalized spacial score (nSPS) is 17.7. The molecule has 6 nitrogen and oxygen atoms in total. The number of Topliss-reactive ketones (excluding diaryl/α,β-unsaturated/α-hetero) is 1. The van der Waals surface area contributed by atoms with E-state index in [0.717, 1.165) is 31.4 Å². The third kappa shape index (κ3) is 5.63. The summed E-state index contributed by atoms with van der Waals surface area (Å²) in [6.45, 7) is 5.88. The van der Waals surface area contributed by atoms with Gasteiger partial charge in [0.25, 0.3) is 11.7 Å². The molecule has 1 fully saturated rings. The summed E-state index contributed by atoms with van der Waals surface area (Å²) in [6.07, 6.45) is 2.49. The Morgan fingerprint density at radius 2 is 1.82 bits per heavy atom. The van der Waals surface area contributed by atoms with Gasteiger partial charge in [-0.05, 0) is 63.2 Å². The van der Waals surface area contributed by atoms with Crippen molar-refractivity contribution in [2.75, 3.05) is 33.8 Å². The lowest BCUT2D eigenvalue weighted by atomic mass is 9.94. The number of hydrogen-bond donors (Lipinski definition) is 1. The number of nitrogens with zero attached hydrogens (tertiary/aromatic N) is 2. The minimum Gasteiger partial charge on any atom is -0.507 e. The number of aliphatic hydroxyl groups excluding tert-OH is 1. The summed E-state index contributed by atoms with van der Waals surface area (Å²) in [5.41, 5.74) is 2.58. The Hall–Kier alpha value is -3.12. The van der Waals surface area contributed by atoms with Crippen LogP contribution in [-0.2, 0) is 16.0 Å². The number of benzene rings is 2. The minimum absolute atomic E-state index is 0.127. The van der Waals surface area contributed by atoms with Crippen LogP contribution in [0, 0.1) is 0 Å². The van der Waals surface area contributed by atoms with Gasteiger partial charge in [-0.2, -0.15) is 0 Å². The zero-order valence-corrected chi connectivity index (χ0v) is 20.0. The van der Waals surface area contributed by atoms with Crippen molar-refractivity contribution in [1.29, 1.82) is 0 Å². The molecule has 1 saturated heterocycles. The Labute approximate surface area is 196 Å². The number of likely N-dealkylation sites (tertiary alicyclic amines) is 1. The van der Waals surface area contributed by atoms with Gasteiger partial charge in [0.2, 0.25) is 0 Å². The van der Waals surface area contributed by atoms with E-state index in [1.54, 1.807) is 23.1 Å². The van der Waals surface area contributed by atoms with E-state index in [1.807, 2.05) is 56.3 Å². The molecule has 2 aromatic carbocycles. The van der Waals surface area contributed by atoms with Gasteiger partial charge in [-0.1, -0.05) is 50.2 Å². The minimum atomic E-state index is -0.651. The van der Waals surface area contributed by atoms with Crippen LogP contribution in [0.3, 0.4) is 0 Å². The van der Waals surface area contributed by atoms with Crippen LogP contribution in [0.25, 0.3) is 5.76 Å². The van der Waals surface area contributed by atoms with E-state index in [2.05, 4.69) is 6.92 Å². The molecular formula is C27H34N2O4. The monoisotopic (exact) mass is 450 g/mol. The number of hydrogen-bond acceptors (Lipinski definition) is 5. The van der Waals surface area contributed by atoms with Crippen LogP contribution in [0.15, 0.2) is 54.1 Å². The van der Waals surface area contributed by atoms with Crippen LogP contribution in [0.5, 0.6) is 5.75 Å². The first-order chi connectivity index (χ1) is 15.9. The Balaban J connectivity index is 2.06. The van der Waals surface area contributed by atoms with Gasteiger partial charge in [0.1, 0.15) is 11.5 Å². The van der Waals surface area contributed by atoms with Crippen LogP contribution < -0.4 is 4.74 Å². The van der Waals surface area contributed by atoms with Crippen molar-refractivity contribution in [3.8, 4) is 5.75 Å². The highest BCUT2D eigenvalue weighted by Crippen LogP contribution is 2.39. The fraction of sp³-hybridized carbons (Fsp3) is 0.407. The van der Waals surface area contributed by atoms with Gasteiger partial charge >= 0.3 is 0 Å². The quantitative estimate of drug-likeness (QED) is 0.330. The van der Waals surface area contributed by atoms with Gasteiger partial charge in [-0.3, -0.25) is 9.59 Å². The number of ether oxygens (including phenoxy) is 1. The Morgan fingerprint density at radius 3 is 2.45 bits per heavy atom. The first-order valence-corrected chi connectivity index (χ1v) is 11.6. The topological polar surface area (TPSA) is 70.1 Å². The molecule has 0 radical (unpaired) electrons. The van der Waals surface area contributed by atoms with Crippen molar-refractivity contribution in [2.24, 2.45) is 0 Å². The van der Waals surface area contributed by atoms with Crippen LogP contribution in [0.4, 0.5) is 0 Å². The standard InChI is InChI=1S/C27H34N2O4/c1-5-17-33-22-10-7-9-21(18-22)25(30)23-24(20-13-11-19(6-2)12-14-20)29(27(32)26(23)31)16-8-15-28(3)4/h7,9-14,18,24,30H,5-6,8,15-17H2,1-4H3. The van der Waals surface area contributed by atoms with E-state index in [1.165, 1.54) is 5.56 Å². The molecule has 1 atom stereocenters. The number of amides is 1. The smallest absolute Gasteiger partial charge is 0.295 e. The fourth-order valence-electron chi connectivity index (χ4n) is 4.06. The molecule has 176 valence electrons.